The van der Waals surface area contributed by atoms with Crippen LogP contribution in [0, 0.1) is 0 Å². The van der Waals surface area contributed by atoms with E-state index in [9.17, 15) is 9.18 Å². The maximum Gasteiger partial charge on any atom is 0.364 e. The van der Waals surface area contributed by atoms with E-state index in [1.165, 1.54) is 21.0 Å². The Labute approximate surface area is 65.7 Å². The molecular formula is C7H15FNO2+. The number of ether oxygens (including phenoxy) is 1. The van der Waals surface area contributed by atoms with Crippen LogP contribution in [0.2, 0.25) is 0 Å². The third-order valence-electron chi connectivity index (χ3n) is 1.27. The molecule has 0 aromatic heterocycles. The topological polar surface area (TPSA) is 53.9 Å². The first-order valence-electron chi connectivity index (χ1n) is 3.46. The molecule has 0 aliphatic rings. The normalized spacial score (nSPS) is 14.3. The third-order valence-corrected chi connectivity index (χ3v) is 1.27. The van der Waals surface area contributed by atoms with Crippen LogP contribution in [-0.4, -0.2) is 24.8 Å². The summed E-state index contributed by atoms with van der Waals surface area (Å²) < 4.78 is 17.3. The lowest BCUT2D eigenvalue weighted by atomic mass is 10.0. The summed E-state index contributed by atoms with van der Waals surface area (Å²) in [7, 11) is 1.27. The molecule has 0 saturated heterocycles. The maximum absolute atomic E-state index is 12.9. The zero-order chi connectivity index (χ0) is 9.07. The molecule has 0 aliphatic carbocycles. The number of carbonyl (C=O) groups excluding carboxylic acids is 1. The van der Waals surface area contributed by atoms with Crippen molar-refractivity contribution in [2.24, 2.45) is 0 Å². The molecule has 1 atom stereocenters. The summed E-state index contributed by atoms with van der Waals surface area (Å²) in [6, 6.07) is -0.611. The molecule has 0 unspecified atom stereocenters. The van der Waals surface area contributed by atoms with Gasteiger partial charge in [0.15, 0.2) is 6.04 Å². The van der Waals surface area contributed by atoms with Crippen LogP contribution in [0.3, 0.4) is 0 Å². The second-order valence-corrected chi connectivity index (χ2v) is 3.14. The van der Waals surface area contributed by atoms with E-state index in [1.807, 2.05) is 0 Å². The average molecular weight is 164 g/mol. The summed E-state index contributed by atoms with van der Waals surface area (Å²) in [5.74, 6) is -0.462. The SMILES string of the molecule is COC(=O)[C@@H]([NH3+])CC(C)(C)F. The smallest absolute Gasteiger partial charge is 0.364 e. The Balaban J connectivity index is 3.87. The summed E-state index contributed by atoms with van der Waals surface area (Å²) in [4.78, 5) is 10.7. The molecule has 0 radical (unpaired) electrons. The fourth-order valence-corrected chi connectivity index (χ4v) is 0.836. The number of hydrogen-bond acceptors (Lipinski definition) is 2. The van der Waals surface area contributed by atoms with Crippen LogP contribution in [-0.2, 0) is 9.53 Å². The van der Waals surface area contributed by atoms with Gasteiger partial charge in [0.2, 0.25) is 0 Å². The number of esters is 1. The van der Waals surface area contributed by atoms with E-state index >= 15 is 0 Å². The van der Waals surface area contributed by atoms with Crippen molar-refractivity contribution >= 4 is 5.97 Å². The van der Waals surface area contributed by atoms with Gasteiger partial charge in [-0.3, -0.25) is 0 Å². The van der Waals surface area contributed by atoms with Crippen LogP contribution in [0.4, 0.5) is 4.39 Å². The molecule has 11 heavy (non-hydrogen) atoms. The van der Waals surface area contributed by atoms with Gasteiger partial charge in [-0.25, -0.2) is 9.18 Å². The van der Waals surface area contributed by atoms with Crippen molar-refractivity contribution in [1.82, 2.24) is 0 Å². The quantitative estimate of drug-likeness (QED) is 0.592. The predicted octanol–water partition coefficient (Wildman–Crippen LogP) is -0.0919. The maximum atomic E-state index is 12.9. The molecule has 4 heteroatoms. The van der Waals surface area contributed by atoms with Crippen LogP contribution < -0.4 is 5.73 Å². The second-order valence-electron chi connectivity index (χ2n) is 3.14. The van der Waals surface area contributed by atoms with Gasteiger partial charge in [-0.1, -0.05) is 0 Å². The average Bonchev–Trinajstić information content (AvgIpc) is 1.82. The first-order chi connectivity index (χ1) is 4.87. The van der Waals surface area contributed by atoms with Crippen LogP contribution >= 0.6 is 0 Å². The standard InChI is InChI=1S/C7H14FNO2/c1-7(2,8)4-5(9)6(10)11-3/h5H,4,9H2,1-3H3/p+1/t5-/m0/s1. The predicted molar refractivity (Wildman–Crippen MR) is 38.5 cm³/mol. The summed E-state index contributed by atoms with van der Waals surface area (Å²) in [6.45, 7) is 2.82. The third kappa shape index (κ3) is 4.72. The minimum absolute atomic E-state index is 0.0969. The molecule has 66 valence electrons. The number of halogens is 1. The van der Waals surface area contributed by atoms with Gasteiger partial charge < -0.3 is 10.5 Å². The highest BCUT2D eigenvalue weighted by molar-refractivity contribution is 5.73. The van der Waals surface area contributed by atoms with Crippen molar-refractivity contribution in [3.8, 4) is 0 Å². The number of rotatable bonds is 3. The molecule has 0 amide bonds. The van der Waals surface area contributed by atoms with Gasteiger partial charge in [0.05, 0.1) is 7.11 Å². The van der Waals surface area contributed by atoms with Gasteiger partial charge in [0.1, 0.15) is 5.67 Å². The van der Waals surface area contributed by atoms with E-state index in [2.05, 4.69) is 10.5 Å². The minimum atomic E-state index is -1.36. The van der Waals surface area contributed by atoms with Crippen molar-refractivity contribution in [3.63, 3.8) is 0 Å². The number of hydrogen-bond donors (Lipinski definition) is 1. The molecule has 0 aromatic carbocycles. The second kappa shape index (κ2) is 3.67. The van der Waals surface area contributed by atoms with Crippen molar-refractivity contribution in [3.05, 3.63) is 0 Å². The molecule has 0 saturated carbocycles. The minimum Gasteiger partial charge on any atom is -0.465 e. The molecule has 0 rings (SSSR count). The summed E-state index contributed by atoms with van der Waals surface area (Å²) in [5, 5.41) is 0. The van der Waals surface area contributed by atoms with Gasteiger partial charge in [-0.2, -0.15) is 0 Å². The van der Waals surface area contributed by atoms with Crippen molar-refractivity contribution < 1.29 is 19.7 Å². The number of quaternary nitrogens is 1. The summed E-state index contributed by atoms with van der Waals surface area (Å²) in [5.41, 5.74) is 2.12. The first kappa shape index (κ1) is 10.4. The molecule has 0 fully saturated rings. The Hall–Kier alpha value is -0.640. The Bertz CT molecular complexity index is 142. The van der Waals surface area contributed by atoms with Crippen LogP contribution in [0.1, 0.15) is 20.3 Å². The Kier molecular flexibility index (Phi) is 3.45. The molecule has 0 heterocycles. The largest absolute Gasteiger partial charge is 0.465 e. The van der Waals surface area contributed by atoms with Crippen molar-refractivity contribution in [2.45, 2.75) is 32.0 Å². The van der Waals surface area contributed by atoms with E-state index in [0.717, 1.165) is 0 Å². The Morgan fingerprint density at radius 2 is 2.18 bits per heavy atom. The molecule has 0 bridgehead atoms. The van der Waals surface area contributed by atoms with Crippen molar-refractivity contribution in [2.75, 3.05) is 7.11 Å². The monoisotopic (exact) mass is 164 g/mol. The van der Waals surface area contributed by atoms with Gasteiger partial charge >= 0.3 is 5.97 Å². The Morgan fingerprint density at radius 1 is 1.73 bits per heavy atom. The first-order valence-corrected chi connectivity index (χ1v) is 3.46. The van der Waals surface area contributed by atoms with E-state index in [-0.39, 0.29) is 6.42 Å². The number of alkyl halides is 1. The van der Waals surface area contributed by atoms with Gasteiger partial charge in [-0.15, -0.1) is 0 Å². The summed E-state index contributed by atoms with van der Waals surface area (Å²) >= 11 is 0. The van der Waals surface area contributed by atoms with E-state index in [0.29, 0.717) is 0 Å². The highest BCUT2D eigenvalue weighted by atomic mass is 19.1. The van der Waals surface area contributed by atoms with E-state index in [1.54, 1.807) is 0 Å². The fourth-order valence-electron chi connectivity index (χ4n) is 0.836. The zero-order valence-corrected chi connectivity index (χ0v) is 7.19. The fraction of sp³-hybridized carbons (Fsp3) is 0.857. The van der Waals surface area contributed by atoms with Crippen LogP contribution in [0.15, 0.2) is 0 Å². The van der Waals surface area contributed by atoms with Gasteiger partial charge in [0.25, 0.3) is 0 Å². The van der Waals surface area contributed by atoms with E-state index < -0.39 is 17.7 Å². The molecule has 0 aromatic rings. The number of carbonyl (C=O) groups is 1. The van der Waals surface area contributed by atoms with Gasteiger partial charge in [-0.05, 0) is 13.8 Å². The van der Waals surface area contributed by atoms with Crippen LogP contribution in [0.5, 0.6) is 0 Å². The van der Waals surface area contributed by atoms with Crippen LogP contribution in [0.25, 0.3) is 0 Å². The highest BCUT2D eigenvalue weighted by Gasteiger charge is 2.27. The highest BCUT2D eigenvalue weighted by Crippen LogP contribution is 2.14. The lowest BCUT2D eigenvalue weighted by molar-refractivity contribution is -0.413. The molecular weight excluding hydrogens is 149 g/mol. The lowest BCUT2D eigenvalue weighted by Crippen LogP contribution is -2.66. The van der Waals surface area contributed by atoms with Gasteiger partial charge in [0, 0.05) is 6.42 Å². The number of methoxy groups -OCH3 is 1. The van der Waals surface area contributed by atoms with E-state index in [4.69, 9.17) is 0 Å². The summed E-state index contributed by atoms with van der Waals surface area (Å²) in [6.07, 6.45) is 0.0969. The molecule has 3 nitrogen and oxygen atoms in total. The molecule has 0 spiro atoms. The lowest BCUT2D eigenvalue weighted by Gasteiger charge is -2.15. The Morgan fingerprint density at radius 3 is 2.45 bits per heavy atom. The molecule has 3 N–H and O–H groups in total. The zero-order valence-electron chi connectivity index (χ0n) is 7.19. The molecule has 0 aliphatic heterocycles. The van der Waals surface area contributed by atoms with Crippen molar-refractivity contribution in [1.29, 1.82) is 0 Å².